The van der Waals surface area contributed by atoms with E-state index in [0.717, 1.165) is 94.6 Å². The van der Waals surface area contributed by atoms with E-state index in [-0.39, 0.29) is 0 Å². The number of nitrogens with zero attached hydrogens (tertiary/aromatic N) is 5. The predicted molar refractivity (Wildman–Crippen MR) is 260 cm³/mol. The summed E-state index contributed by atoms with van der Waals surface area (Å²) in [5.41, 5.74) is 17.0. The first kappa shape index (κ1) is 36.3. The summed E-state index contributed by atoms with van der Waals surface area (Å²) < 4.78 is 2.38. The van der Waals surface area contributed by atoms with Gasteiger partial charge in [0.05, 0.1) is 33.6 Å². The van der Waals surface area contributed by atoms with Crippen molar-refractivity contribution >= 4 is 43.5 Å². The van der Waals surface area contributed by atoms with E-state index < -0.39 is 0 Å². The van der Waals surface area contributed by atoms with Crippen molar-refractivity contribution in [3.05, 3.63) is 225 Å². The van der Waals surface area contributed by atoms with E-state index in [1.807, 2.05) is 49.1 Å². The van der Waals surface area contributed by atoms with Crippen molar-refractivity contribution < 1.29 is 0 Å². The van der Waals surface area contributed by atoms with Gasteiger partial charge in [-0.05, 0) is 105 Å². The van der Waals surface area contributed by atoms with Crippen LogP contribution in [0.15, 0.2) is 225 Å². The van der Waals surface area contributed by atoms with Gasteiger partial charge in [0, 0.05) is 68.7 Å². The fraction of sp³-hybridized carbons (Fsp3) is 0. The topological polar surface area (TPSA) is 56.5 Å². The summed E-state index contributed by atoms with van der Waals surface area (Å²) in [5.74, 6) is 0. The second kappa shape index (κ2) is 15.2. The molecule has 294 valence electrons. The quantitative estimate of drug-likeness (QED) is 0.151. The van der Waals surface area contributed by atoms with E-state index in [0.29, 0.717) is 0 Å². The van der Waals surface area contributed by atoms with Crippen LogP contribution in [0.25, 0.3) is 116 Å². The Morgan fingerprint density at radius 3 is 1.46 bits per heavy atom. The maximum absolute atomic E-state index is 5.60. The fourth-order valence-electron chi connectivity index (χ4n) is 9.15. The highest BCUT2D eigenvalue weighted by Crippen LogP contribution is 2.43. The molecule has 0 fully saturated rings. The summed E-state index contributed by atoms with van der Waals surface area (Å²) in [7, 11) is 0. The van der Waals surface area contributed by atoms with Crippen LogP contribution in [0.5, 0.6) is 0 Å². The molecule has 0 aliphatic rings. The maximum atomic E-state index is 5.60. The van der Waals surface area contributed by atoms with Crippen LogP contribution in [0, 0.1) is 0 Å². The molecular formula is C58H37N5. The van der Waals surface area contributed by atoms with Gasteiger partial charge in [0.1, 0.15) is 0 Å². The van der Waals surface area contributed by atoms with Crippen LogP contribution in [-0.2, 0) is 0 Å². The van der Waals surface area contributed by atoms with Gasteiger partial charge in [-0.15, -0.1) is 0 Å². The Bertz CT molecular complexity index is 3520. The van der Waals surface area contributed by atoms with Crippen LogP contribution in [0.2, 0.25) is 0 Å². The second-order valence-electron chi connectivity index (χ2n) is 15.9. The average Bonchev–Trinajstić information content (AvgIpc) is 3.71. The average molecular weight is 804 g/mol. The van der Waals surface area contributed by atoms with Gasteiger partial charge in [0.15, 0.2) is 0 Å². The zero-order valence-electron chi connectivity index (χ0n) is 34.1. The lowest BCUT2D eigenvalue weighted by atomic mass is 9.94. The number of aromatic nitrogens is 5. The molecule has 7 aromatic carbocycles. The van der Waals surface area contributed by atoms with Crippen LogP contribution in [0.4, 0.5) is 0 Å². The van der Waals surface area contributed by atoms with Crippen molar-refractivity contribution in [1.29, 1.82) is 0 Å². The SMILES string of the molecule is c1ccc(-c2nc3cc(-c4cc(-c5ccc(-c6ccncc6)cc5)nc(-c5ccc(-c6ccncc6)cc5)c4)ccc3c3ccc4c(c5ccccc5n4-c4ccccc4)c23)cc1. The van der Waals surface area contributed by atoms with Gasteiger partial charge >= 0.3 is 0 Å². The summed E-state index contributed by atoms with van der Waals surface area (Å²) in [6, 6.07) is 71.2. The van der Waals surface area contributed by atoms with Crippen molar-refractivity contribution in [2.45, 2.75) is 0 Å². The molecule has 5 heterocycles. The van der Waals surface area contributed by atoms with Gasteiger partial charge in [-0.25, -0.2) is 9.97 Å². The molecule has 0 aliphatic carbocycles. The molecule has 0 amide bonds. The minimum atomic E-state index is 0.899. The van der Waals surface area contributed by atoms with Crippen molar-refractivity contribution in [2.75, 3.05) is 0 Å². The molecule has 63 heavy (non-hydrogen) atoms. The van der Waals surface area contributed by atoms with Gasteiger partial charge in [0.2, 0.25) is 0 Å². The van der Waals surface area contributed by atoms with Gasteiger partial charge < -0.3 is 4.57 Å². The van der Waals surface area contributed by atoms with Crippen molar-refractivity contribution in [3.8, 4) is 72.8 Å². The molecule has 0 N–H and O–H groups in total. The molecular weight excluding hydrogens is 767 g/mol. The summed E-state index contributed by atoms with van der Waals surface area (Å²) in [5, 5.41) is 5.85. The van der Waals surface area contributed by atoms with E-state index in [4.69, 9.17) is 9.97 Å². The third kappa shape index (κ3) is 6.42. The first-order valence-corrected chi connectivity index (χ1v) is 21.2. The van der Waals surface area contributed by atoms with Crippen LogP contribution >= 0.6 is 0 Å². The monoisotopic (exact) mass is 803 g/mol. The highest BCUT2D eigenvalue weighted by Gasteiger charge is 2.20. The molecule has 0 unspecified atom stereocenters. The van der Waals surface area contributed by atoms with E-state index in [1.54, 1.807) is 0 Å². The van der Waals surface area contributed by atoms with E-state index in [1.165, 1.54) is 21.7 Å². The van der Waals surface area contributed by atoms with Crippen molar-refractivity contribution in [3.63, 3.8) is 0 Å². The minimum absolute atomic E-state index is 0.899. The van der Waals surface area contributed by atoms with Crippen LogP contribution in [0.3, 0.4) is 0 Å². The summed E-state index contributed by atoms with van der Waals surface area (Å²) in [4.78, 5) is 19.3. The zero-order valence-corrected chi connectivity index (χ0v) is 34.1. The normalized spacial score (nSPS) is 11.5. The number of hydrogen-bond donors (Lipinski definition) is 0. The Kier molecular flexibility index (Phi) is 8.75. The molecule has 0 saturated carbocycles. The van der Waals surface area contributed by atoms with E-state index >= 15 is 0 Å². The smallest absolute Gasteiger partial charge is 0.0795 e. The molecule has 5 heteroatoms. The van der Waals surface area contributed by atoms with Crippen LogP contribution in [-0.4, -0.2) is 24.5 Å². The number of benzene rings is 7. The Labute approximate surface area is 364 Å². The van der Waals surface area contributed by atoms with Crippen molar-refractivity contribution in [1.82, 2.24) is 24.5 Å². The van der Waals surface area contributed by atoms with Crippen LogP contribution < -0.4 is 0 Å². The molecule has 5 nitrogen and oxygen atoms in total. The highest BCUT2D eigenvalue weighted by atomic mass is 15.0. The summed E-state index contributed by atoms with van der Waals surface area (Å²) in [6.07, 6.45) is 7.32. The molecule has 12 aromatic rings. The van der Waals surface area contributed by atoms with Gasteiger partial charge in [0.25, 0.3) is 0 Å². The standard InChI is InChI=1S/C58H37N5/c1-3-9-44(10-4-1)58-57-49(25-26-55-56(57)50-13-7-8-14-54(50)63(55)47-11-5-2-6-12-47)48-24-23-45(35-53(48)62-58)46-36-51(42-19-15-38(16-20-42)40-27-31-59-32-28-40)61-52(37-46)43-21-17-39(18-22-43)41-29-33-60-34-30-41/h1-37H. The molecule has 5 aromatic heterocycles. The largest absolute Gasteiger partial charge is 0.309 e. The molecule has 0 saturated heterocycles. The fourth-order valence-corrected chi connectivity index (χ4v) is 9.15. The molecule has 0 atom stereocenters. The summed E-state index contributed by atoms with van der Waals surface area (Å²) in [6.45, 7) is 0. The lowest BCUT2D eigenvalue weighted by Crippen LogP contribution is -1.95. The number of fused-ring (bicyclic) bond motifs is 7. The number of hydrogen-bond acceptors (Lipinski definition) is 4. The van der Waals surface area contributed by atoms with Gasteiger partial charge in [-0.3, -0.25) is 9.97 Å². The third-order valence-electron chi connectivity index (χ3n) is 12.2. The molecule has 0 spiro atoms. The lowest BCUT2D eigenvalue weighted by molar-refractivity contribution is 1.18. The van der Waals surface area contributed by atoms with E-state index in [2.05, 4.69) is 190 Å². The van der Waals surface area contributed by atoms with Crippen LogP contribution in [0.1, 0.15) is 0 Å². The molecule has 0 aliphatic heterocycles. The summed E-state index contributed by atoms with van der Waals surface area (Å²) >= 11 is 0. The second-order valence-corrected chi connectivity index (χ2v) is 15.9. The molecule has 12 rings (SSSR count). The third-order valence-corrected chi connectivity index (χ3v) is 12.2. The van der Waals surface area contributed by atoms with Crippen molar-refractivity contribution in [2.24, 2.45) is 0 Å². The Hall–Kier alpha value is -8.54. The highest BCUT2D eigenvalue weighted by molar-refractivity contribution is 6.28. The Morgan fingerprint density at radius 1 is 0.302 bits per heavy atom. The number of rotatable bonds is 7. The predicted octanol–water partition coefficient (Wildman–Crippen LogP) is 14.7. The Morgan fingerprint density at radius 2 is 0.825 bits per heavy atom. The molecule has 0 bridgehead atoms. The van der Waals surface area contributed by atoms with E-state index in [9.17, 15) is 0 Å². The Balaban J connectivity index is 1.05. The number of para-hydroxylation sites is 2. The van der Waals surface area contributed by atoms with Gasteiger partial charge in [-0.2, -0.15) is 0 Å². The molecule has 0 radical (unpaired) electrons. The zero-order chi connectivity index (χ0) is 41.7. The first-order chi connectivity index (χ1) is 31.2. The maximum Gasteiger partial charge on any atom is 0.0795 e. The minimum Gasteiger partial charge on any atom is -0.309 e. The number of pyridine rings is 4. The van der Waals surface area contributed by atoms with Gasteiger partial charge in [-0.1, -0.05) is 133 Å². The first-order valence-electron chi connectivity index (χ1n) is 21.2. The lowest BCUT2D eigenvalue weighted by Gasteiger charge is -2.15.